The lowest BCUT2D eigenvalue weighted by atomic mass is 9.82. The minimum Gasteiger partial charge on any atom is -0.396 e. The quantitative estimate of drug-likeness (QED) is 0.463. The topological polar surface area (TPSA) is 62.6 Å². The number of thiazole rings is 1. The van der Waals surface area contributed by atoms with Gasteiger partial charge in [-0.1, -0.05) is 38.8 Å². The molecule has 0 saturated carbocycles. The molecule has 0 aliphatic carbocycles. The van der Waals surface area contributed by atoms with Crippen LogP contribution in [0.15, 0.2) is 22.6 Å². The first-order chi connectivity index (χ1) is 13.2. The molecule has 1 heterocycles. The molecule has 0 saturated heterocycles. The molecule has 0 aromatic carbocycles. The number of ether oxygens (including phenoxy) is 1. The summed E-state index contributed by atoms with van der Waals surface area (Å²) in [4.78, 5) is 4.45. The van der Waals surface area contributed by atoms with Crippen LogP contribution in [0.3, 0.4) is 0 Å². The summed E-state index contributed by atoms with van der Waals surface area (Å²) >= 11 is 1.62. The second-order valence-corrected chi connectivity index (χ2v) is 9.29. The number of aromatic nitrogens is 1. The van der Waals surface area contributed by atoms with Crippen molar-refractivity contribution in [1.82, 2.24) is 4.98 Å². The number of aliphatic hydroxyl groups excluding tert-OH is 2. The molecular formula is C23H39NO3S. The predicted molar refractivity (Wildman–Crippen MR) is 119 cm³/mol. The van der Waals surface area contributed by atoms with Crippen LogP contribution in [0.1, 0.15) is 64.6 Å². The highest BCUT2D eigenvalue weighted by Gasteiger charge is 2.20. The van der Waals surface area contributed by atoms with Crippen molar-refractivity contribution < 1.29 is 14.9 Å². The van der Waals surface area contributed by atoms with E-state index in [0.717, 1.165) is 35.5 Å². The molecule has 0 aliphatic rings. The van der Waals surface area contributed by atoms with Crippen molar-refractivity contribution in [2.75, 3.05) is 13.7 Å². The zero-order valence-corrected chi connectivity index (χ0v) is 19.4. The van der Waals surface area contributed by atoms with E-state index in [1.54, 1.807) is 18.4 Å². The molecule has 5 heteroatoms. The number of hydrogen-bond donors (Lipinski definition) is 2. The van der Waals surface area contributed by atoms with E-state index in [2.05, 4.69) is 32.7 Å². The van der Waals surface area contributed by atoms with E-state index in [-0.39, 0.29) is 12.7 Å². The van der Waals surface area contributed by atoms with Gasteiger partial charge in [-0.3, -0.25) is 0 Å². The van der Waals surface area contributed by atoms with E-state index < -0.39 is 6.10 Å². The minimum absolute atomic E-state index is 0.252. The van der Waals surface area contributed by atoms with E-state index in [9.17, 15) is 10.2 Å². The maximum Gasteiger partial charge on any atom is 0.108 e. The smallest absolute Gasteiger partial charge is 0.108 e. The average molecular weight is 410 g/mol. The molecule has 1 aromatic rings. The Labute approximate surface area is 175 Å². The third-order valence-electron chi connectivity index (χ3n) is 5.79. The maximum absolute atomic E-state index is 10.6. The van der Waals surface area contributed by atoms with Crippen LogP contribution in [0.2, 0.25) is 0 Å². The largest absolute Gasteiger partial charge is 0.396 e. The van der Waals surface area contributed by atoms with E-state index in [4.69, 9.17) is 4.74 Å². The summed E-state index contributed by atoms with van der Waals surface area (Å²) in [5.41, 5.74) is 3.06. The average Bonchev–Trinajstić information content (AvgIpc) is 3.05. The molecule has 160 valence electrons. The molecule has 1 rings (SSSR count). The van der Waals surface area contributed by atoms with Gasteiger partial charge in [-0.2, -0.15) is 0 Å². The zero-order chi connectivity index (χ0) is 21.3. The molecule has 0 bridgehead atoms. The molecule has 4 nitrogen and oxygen atoms in total. The summed E-state index contributed by atoms with van der Waals surface area (Å²) in [6.07, 6.45) is 6.03. The Morgan fingerprint density at radius 2 is 1.93 bits per heavy atom. The first-order valence-electron chi connectivity index (χ1n) is 10.3. The Bertz CT molecular complexity index is 638. The third-order valence-corrected chi connectivity index (χ3v) is 6.59. The van der Waals surface area contributed by atoms with Gasteiger partial charge >= 0.3 is 0 Å². The van der Waals surface area contributed by atoms with Crippen molar-refractivity contribution in [2.24, 2.45) is 17.8 Å². The van der Waals surface area contributed by atoms with Crippen LogP contribution in [0.25, 0.3) is 6.08 Å². The van der Waals surface area contributed by atoms with Gasteiger partial charge in [-0.05, 0) is 63.0 Å². The summed E-state index contributed by atoms with van der Waals surface area (Å²) in [5.74, 6) is 1.44. The Morgan fingerprint density at radius 3 is 2.46 bits per heavy atom. The first kappa shape index (κ1) is 25.0. The van der Waals surface area contributed by atoms with Gasteiger partial charge in [-0.25, -0.2) is 4.98 Å². The lowest BCUT2D eigenvalue weighted by molar-refractivity contribution is 0.0358. The SMILES string of the molecule is COC(/C(C)=C/c1csc(C)n1)C(O)/C=C(/C)CCCC(C)C(C)C(C)CO. The molecule has 0 aliphatic heterocycles. The molecule has 5 unspecified atom stereocenters. The van der Waals surface area contributed by atoms with Gasteiger partial charge in [0.05, 0.1) is 10.7 Å². The van der Waals surface area contributed by atoms with E-state index in [1.807, 2.05) is 31.4 Å². The van der Waals surface area contributed by atoms with Gasteiger partial charge in [0, 0.05) is 19.1 Å². The van der Waals surface area contributed by atoms with Gasteiger partial charge in [-0.15, -0.1) is 11.3 Å². The molecule has 1 aromatic heterocycles. The van der Waals surface area contributed by atoms with Gasteiger partial charge in [0.1, 0.15) is 12.2 Å². The Balaban J connectivity index is 2.60. The van der Waals surface area contributed by atoms with Crippen molar-refractivity contribution in [3.05, 3.63) is 33.3 Å². The zero-order valence-electron chi connectivity index (χ0n) is 18.6. The molecule has 0 amide bonds. The monoisotopic (exact) mass is 409 g/mol. The van der Waals surface area contributed by atoms with Crippen molar-refractivity contribution in [1.29, 1.82) is 0 Å². The summed E-state index contributed by atoms with van der Waals surface area (Å²) in [6, 6.07) is 0. The molecule has 0 fully saturated rings. The molecule has 28 heavy (non-hydrogen) atoms. The van der Waals surface area contributed by atoms with Gasteiger partial charge in [0.25, 0.3) is 0 Å². The minimum atomic E-state index is -0.674. The molecule has 2 N–H and O–H groups in total. The fourth-order valence-corrected chi connectivity index (χ4v) is 4.08. The predicted octanol–water partition coefficient (Wildman–Crippen LogP) is 5.25. The highest BCUT2D eigenvalue weighted by atomic mass is 32.1. The Hall–Kier alpha value is -1.01. The van der Waals surface area contributed by atoms with Gasteiger partial charge in [0.2, 0.25) is 0 Å². The Morgan fingerprint density at radius 1 is 1.25 bits per heavy atom. The highest BCUT2D eigenvalue weighted by Crippen LogP contribution is 2.26. The normalized spacial score (nSPS) is 18.6. The number of rotatable bonds is 12. The van der Waals surface area contributed by atoms with Gasteiger partial charge in [0.15, 0.2) is 0 Å². The summed E-state index contributed by atoms with van der Waals surface area (Å²) < 4.78 is 5.56. The highest BCUT2D eigenvalue weighted by molar-refractivity contribution is 7.09. The Kier molecular flexibility index (Phi) is 11.2. The third kappa shape index (κ3) is 8.16. The van der Waals surface area contributed by atoms with Crippen LogP contribution in [0.5, 0.6) is 0 Å². The van der Waals surface area contributed by atoms with E-state index >= 15 is 0 Å². The lowest BCUT2D eigenvalue weighted by Crippen LogP contribution is -2.27. The fourth-order valence-electron chi connectivity index (χ4n) is 3.51. The maximum atomic E-state index is 10.6. The molecule has 0 radical (unpaired) electrons. The number of hydrogen-bond acceptors (Lipinski definition) is 5. The number of methoxy groups -OCH3 is 1. The summed E-state index contributed by atoms with van der Waals surface area (Å²) in [6.45, 7) is 12.9. The fraction of sp³-hybridized carbons (Fsp3) is 0.696. The van der Waals surface area contributed by atoms with E-state index in [0.29, 0.717) is 17.8 Å². The van der Waals surface area contributed by atoms with Crippen LogP contribution in [-0.2, 0) is 4.74 Å². The molecular weight excluding hydrogens is 370 g/mol. The van der Waals surface area contributed by atoms with Crippen LogP contribution in [-0.4, -0.2) is 41.1 Å². The lowest BCUT2D eigenvalue weighted by Gasteiger charge is -2.25. The van der Waals surface area contributed by atoms with Crippen molar-refractivity contribution >= 4 is 17.4 Å². The molecule has 0 spiro atoms. The van der Waals surface area contributed by atoms with Crippen LogP contribution in [0.4, 0.5) is 0 Å². The molecule has 5 atom stereocenters. The van der Waals surface area contributed by atoms with Crippen molar-refractivity contribution in [3.8, 4) is 0 Å². The second kappa shape index (κ2) is 12.5. The summed E-state index contributed by atoms with van der Waals surface area (Å²) in [7, 11) is 1.63. The first-order valence-corrected chi connectivity index (χ1v) is 11.2. The van der Waals surface area contributed by atoms with E-state index in [1.165, 1.54) is 5.57 Å². The number of nitrogens with zero attached hydrogens (tertiary/aromatic N) is 1. The van der Waals surface area contributed by atoms with Crippen LogP contribution >= 0.6 is 11.3 Å². The van der Waals surface area contributed by atoms with Crippen molar-refractivity contribution in [2.45, 2.75) is 73.0 Å². The van der Waals surface area contributed by atoms with Crippen molar-refractivity contribution in [3.63, 3.8) is 0 Å². The van der Waals surface area contributed by atoms with Gasteiger partial charge < -0.3 is 14.9 Å². The summed E-state index contributed by atoms with van der Waals surface area (Å²) in [5, 5.41) is 23.0. The standard InChI is InChI=1S/C23H39NO3S/c1-15(9-8-10-16(2)19(5)18(4)13-25)11-22(26)23(27-7)17(3)12-21-14-28-20(6)24-21/h11-12,14,16,18-19,22-23,25-26H,8-10,13H2,1-7H3/b15-11-,17-12+. The van der Waals surface area contributed by atoms with Crippen LogP contribution < -0.4 is 0 Å². The second-order valence-electron chi connectivity index (χ2n) is 8.23. The number of allylic oxidation sites excluding steroid dienone is 1. The number of aryl methyl sites for hydroxylation is 1. The van der Waals surface area contributed by atoms with Crippen LogP contribution in [0, 0.1) is 24.7 Å². The number of aliphatic hydroxyl groups is 2.